The van der Waals surface area contributed by atoms with Crippen LogP contribution >= 0.6 is 11.8 Å². The molecule has 1 aliphatic heterocycles. The number of allylic oxidation sites excluding steroid dienone is 2. The maximum atomic E-state index is 2.49. The molecular formula is C14H22S. The van der Waals surface area contributed by atoms with Gasteiger partial charge in [-0.3, -0.25) is 0 Å². The van der Waals surface area contributed by atoms with Gasteiger partial charge in [-0.15, -0.1) is 0 Å². The lowest BCUT2D eigenvalue weighted by Gasteiger charge is -2.54. The summed E-state index contributed by atoms with van der Waals surface area (Å²) in [5.41, 5.74) is 1.34. The smallest absolute Gasteiger partial charge is 0.00868 e. The molecule has 2 aliphatic carbocycles. The quantitative estimate of drug-likeness (QED) is 0.547. The summed E-state index contributed by atoms with van der Waals surface area (Å²) < 4.78 is 0. The maximum absolute atomic E-state index is 2.49. The fourth-order valence-electron chi connectivity index (χ4n) is 4.69. The average molecular weight is 222 g/mol. The number of thioether (sulfide) groups is 1. The van der Waals surface area contributed by atoms with E-state index >= 15 is 0 Å². The molecule has 0 nitrogen and oxygen atoms in total. The topological polar surface area (TPSA) is 0 Å². The van der Waals surface area contributed by atoms with Crippen molar-refractivity contribution in [2.75, 3.05) is 0 Å². The predicted octanol–water partition coefficient (Wildman–Crippen LogP) is 4.41. The molecule has 1 heteroatoms. The summed E-state index contributed by atoms with van der Waals surface area (Å²) in [6.45, 7) is 4.99. The first-order chi connectivity index (χ1) is 7.21. The van der Waals surface area contributed by atoms with Crippen molar-refractivity contribution in [1.82, 2.24) is 0 Å². The van der Waals surface area contributed by atoms with E-state index < -0.39 is 0 Å². The van der Waals surface area contributed by atoms with E-state index in [2.05, 4.69) is 37.8 Å². The largest absolute Gasteiger partial charge is 0.155 e. The molecule has 0 N–H and O–H groups in total. The number of rotatable bonds is 0. The molecular weight excluding hydrogens is 200 g/mol. The Morgan fingerprint density at radius 3 is 1.87 bits per heavy atom. The second kappa shape index (κ2) is 3.29. The second-order valence-corrected chi connectivity index (χ2v) is 7.51. The van der Waals surface area contributed by atoms with Crippen LogP contribution in [-0.4, -0.2) is 10.5 Å². The average Bonchev–Trinajstić information content (AvgIpc) is 2.50. The van der Waals surface area contributed by atoms with Gasteiger partial charge in [0, 0.05) is 10.5 Å². The van der Waals surface area contributed by atoms with E-state index in [0.717, 1.165) is 10.5 Å². The zero-order valence-electron chi connectivity index (χ0n) is 9.96. The van der Waals surface area contributed by atoms with E-state index in [-0.39, 0.29) is 0 Å². The molecule has 3 rings (SSSR count). The van der Waals surface area contributed by atoms with Gasteiger partial charge in [0.1, 0.15) is 0 Å². The molecule has 0 unspecified atom stereocenters. The Bertz CT molecular complexity index is 268. The van der Waals surface area contributed by atoms with Gasteiger partial charge in [-0.1, -0.05) is 38.8 Å². The van der Waals surface area contributed by atoms with Crippen LogP contribution in [0.5, 0.6) is 0 Å². The van der Waals surface area contributed by atoms with Crippen LogP contribution in [0.1, 0.15) is 52.4 Å². The van der Waals surface area contributed by atoms with Crippen molar-refractivity contribution >= 4 is 11.8 Å². The third-order valence-electron chi connectivity index (χ3n) is 5.58. The Morgan fingerprint density at radius 2 is 1.40 bits per heavy atom. The molecule has 2 fully saturated rings. The SMILES string of the molecule is C[C@@H]1S[C@H](C)[C@@]23CC=CC[C@@]12CCCC3. The van der Waals surface area contributed by atoms with Gasteiger partial charge in [-0.2, -0.15) is 11.8 Å². The van der Waals surface area contributed by atoms with Gasteiger partial charge in [-0.25, -0.2) is 0 Å². The lowest BCUT2D eigenvalue weighted by molar-refractivity contribution is -0.00164. The van der Waals surface area contributed by atoms with E-state index in [4.69, 9.17) is 0 Å². The van der Waals surface area contributed by atoms with Crippen LogP contribution in [0.15, 0.2) is 12.2 Å². The molecule has 1 saturated carbocycles. The minimum Gasteiger partial charge on any atom is -0.155 e. The highest BCUT2D eigenvalue weighted by molar-refractivity contribution is 8.00. The first-order valence-corrected chi connectivity index (χ1v) is 7.46. The normalized spacial score (nSPS) is 53.7. The summed E-state index contributed by atoms with van der Waals surface area (Å²) >= 11 is 2.27. The van der Waals surface area contributed by atoms with Crippen LogP contribution in [0.2, 0.25) is 0 Å². The third kappa shape index (κ3) is 1.11. The summed E-state index contributed by atoms with van der Waals surface area (Å²) in [4.78, 5) is 0. The van der Waals surface area contributed by atoms with Crippen molar-refractivity contribution in [3.8, 4) is 0 Å². The van der Waals surface area contributed by atoms with Crippen LogP contribution < -0.4 is 0 Å². The van der Waals surface area contributed by atoms with E-state index in [1.807, 2.05) is 0 Å². The van der Waals surface area contributed by atoms with E-state index in [0.29, 0.717) is 10.8 Å². The van der Waals surface area contributed by atoms with Crippen molar-refractivity contribution in [3.05, 3.63) is 12.2 Å². The van der Waals surface area contributed by atoms with Crippen LogP contribution in [0.3, 0.4) is 0 Å². The van der Waals surface area contributed by atoms with Gasteiger partial charge < -0.3 is 0 Å². The van der Waals surface area contributed by atoms with Crippen molar-refractivity contribution < 1.29 is 0 Å². The van der Waals surface area contributed by atoms with Crippen LogP contribution in [0, 0.1) is 10.8 Å². The van der Waals surface area contributed by atoms with Gasteiger partial charge in [0.15, 0.2) is 0 Å². The summed E-state index contributed by atoms with van der Waals surface area (Å²) in [6.07, 6.45) is 13.6. The number of hydrogen-bond acceptors (Lipinski definition) is 1. The standard InChI is InChI=1S/C14H22S/c1-11-13-7-3-5-9-14(13,12(2)15-11)10-6-4-8-13/h3,5,11-12H,4,6-10H2,1-2H3/t11-,12+,13+,14-. The van der Waals surface area contributed by atoms with E-state index in [1.54, 1.807) is 0 Å². The predicted molar refractivity (Wildman–Crippen MR) is 68.2 cm³/mol. The van der Waals surface area contributed by atoms with Crippen molar-refractivity contribution in [1.29, 1.82) is 0 Å². The third-order valence-corrected chi connectivity index (χ3v) is 7.30. The molecule has 0 bridgehead atoms. The van der Waals surface area contributed by atoms with Crippen molar-refractivity contribution in [2.24, 2.45) is 10.8 Å². The fourth-order valence-corrected chi connectivity index (χ4v) is 6.72. The highest BCUT2D eigenvalue weighted by Gasteiger charge is 2.62. The minimum absolute atomic E-state index is 0.671. The van der Waals surface area contributed by atoms with Gasteiger partial charge >= 0.3 is 0 Å². The molecule has 0 spiro atoms. The first-order valence-electron chi connectivity index (χ1n) is 6.52. The van der Waals surface area contributed by atoms with Gasteiger partial charge in [0.2, 0.25) is 0 Å². The van der Waals surface area contributed by atoms with Crippen molar-refractivity contribution in [3.63, 3.8) is 0 Å². The summed E-state index contributed by atoms with van der Waals surface area (Å²) in [5, 5.41) is 1.77. The van der Waals surface area contributed by atoms with Crippen LogP contribution in [-0.2, 0) is 0 Å². The Balaban J connectivity index is 2.09. The van der Waals surface area contributed by atoms with Crippen molar-refractivity contribution in [2.45, 2.75) is 62.9 Å². The molecule has 1 heterocycles. The molecule has 0 amide bonds. The lowest BCUT2D eigenvalue weighted by atomic mass is 9.49. The summed E-state index contributed by atoms with van der Waals surface area (Å²) in [7, 11) is 0. The summed E-state index contributed by atoms with van der Waals surface area (Å²) in [6, 6.07) is 0. The Kier molecular flexibility index (Phi) is 2.25. The minimum atomic E-state index is 0.671. The highest BCUT2D eigenvalue weighted by Crippen LogP contribution is 2.70. The molecule has 15 heavy (non-hydrogen) atoms. The maximum Gasteiger partial charge on any atom is 0.00868 e. The summed E-state index contributed by atoms with van der Waals surface area (Å²) in [5.74, 6) is 0. The van der Waals surface area contributed by atoms with E-state index in [1.165, 1.54) is 38.5 Å². The molecule has 4 atom stereocenters. The van der Waals surface area contributed by atoms with E-state index in [9.17, 15) is 0 Å². The first kappa shape index (κ1) is 10.3. The van der Waals surface area contributed by atoms with Gasteiger partial charge in [0.25, 0.3) is 0 Å². The van der Waals surface area contributed by atoms with Gasteiger partial charge in [-0.05, 0) is 36.5 Å². The lowest BCUT2D eigenvalue weighted by Crippen LogP contribution is -2.49. The number of hydrogen-bond donors (Lipinski definition) is 0. The molecule has 3 aliphatic rings. The molecule has 0 aromatic heterocycles. The Morgan fingerprint density at radius 1 is 0.933 bits per heavy atom. The zero-order valence-corrected chi connectivity index (χ0v) is 10.8. The molecule has 0 radical (unpaired) electrons. The van der Waals surface area contributed by atoms with Crippen LogP contribution in [0.4, 0.5) is 0 Å². The molecule has 0 aromatic carbocycles. The molecule has 0 aromatic rings. The second-order valence-electron chi connectivity index (χ2n) is 5.82. The molecule has 1 saturated heterocycles. The molecule has 84 valence electrons. The Labute approximate surface area is 97.9 Å². The highest BCUT2D eigenvalue weighted by atomic mass is 32.2. The monoisotopic (exact) mass is 222 g/mol. The fraction of sp³-hybridized carbons (Fsp3) is 0.857. The van der Waals surface area contributed by atoms with Gasteiger partial charge in [0.05, 0.1) is 0 Å². The van der Waals surface area contributed by atoms with Crippen LogP contribution in [0.25, 0.3) is 0 Å². The Hall–Kier alpha value is 0.0900. The zero-order chi connectivity index (χ0) is 10.5.